The molecule has 4 aromatic rings. The van der Waals surface area contributed by atoms with Crippen molar-refractivity contribution in [3.63, 3.8) is 0 Å². The minimum Gasteiger partial charge on any atom is -0.376 e. The Balaban J connectivity index is 1.45. The molecule has 0 spiro atoms. The summed E-state index contributed by atoms with van der Waals surface area (Å²) in [7, 11) is 0. The van der Waals surface area contributed by atoms with Gasteiger partial charge in [0.05, 0.1) is 24.7 Å². The number of aryl methyl sites for hydroxylation is 2. The van der Waals surface area contributed by atoms with Gasteiger partial charge in [-0.2, -0.15) is 0 Å². The number of aromatic nitrogens is 5. The topological polar surface area (TPSA) is 88.9 Å². The lowest BCUT2D eigenvalue weighted by atomic mass is 10.0. The van der Waals surface area contributed by atoms with Gasteiger partial charge in [-0.25, -0.2) is 4.68 Å². The van der Waals surface area contributed by atoms with E-state index in [1.54, 1.807) is 0 Å². The van der Waals surface area contributed by atoms with E-state index in [0.717, 1.165) is 52.9 Å². The molecule has 1 atom stereocenters. The molecule has 1 aliphatic rings. The Morgan fingerprint density at radius 2 is 1.97 bits per heavy atom. The second kappa shape index (κ2) is 10.3. The number of benzene rings is 2. The molecule has 2 aromatic carbocycles. The van der Waals surface area contributed by atoms with Gasteiger partial charge in [0.1, 0.15) is 0 Å². The summed E-state index contributed by atoms with van der Waals surface area (Å²) in [6.45, 7) is 6.93. The van der Waals surface area contributed by atoms with Crippen molar-refractivity contribution in [2.45, 2.75) is 59.0 Å². The SMILES string of the molecule is Cc1cc(C)c2[nH]c(=O)c(CN(Cc3ccccc3Cl)Cc3nnnn3C[C@H]3CCCO3)cc2c1. The summed E-state index contributed by atoms with van der Waals surface area (Å²) < 4.78 is 7.59. The zero-order chi connectivity index (χ0) is 24.4. The molecular weight excluding hydrogens is 464 g/mol. The van der Waals surface area contributed by atoms with Gasteiger partial charge in [0.2, 0.25) is 0 Å². The molecule has 9 heteroatoms. The van der Waals surface area contributed by atoms with Crippen molar-refractivity contribution in [1.29, 1.82) is 0 Å². The summed E-state index contributed by atoms with van der Waals surface area (Å²) in [6, 6.07) is 13.9. The Morgan fingerprint density at radius 3 is 2.77 bits per heavy atom. The molecule has 0 bridgehead atoms. The van der Waals surface area contributed by atoms with Crippen LogP contribution < -0.4 is 5.56 Å². The highest BCUT2D eigenvalue weighted by atomic mass is 35.5. The molecule has 0 amide bonds. The number of hydrogen-bond acceptors (Lipinski definition) is 6. The number of tetrazole rings is 1. The molecule has 1 fully saturated rings. The molecule has 2 aromatic heterocycles. The maximum absolute atomic E-state index is 13.1. The van der Waals surface area contributed by atoms with Crippen LogP contribution >= 0.6 is 11.6 Å². The van der Waals surface area contributed by atoms with Crippen LogP contribution in [0.5, 0.6) is 0 Å². The van der Waals surface area contributed by atoms with Gasteiger partial charge in [-0.05, 0) is 71.8 Å². The number of ether oxygens (including phenoxy) is 1. The molecule has 0 radical (unpaired) electrons. The second-order valence-corrected chi connectivity index (χ2v) is 9.73. The number of hydrogen-bond donors (Lipinski definition) is 1. The quantitative estimate of drug-likeness (QED) is 0.397. The van der Waals surface area contributed by atoms with Gasteiger partial charge in [0, 0.05) is 30.3 Å². The van der Waals surface area contributed by atoms with Crippen molar-refractivity contribution in [1.82, 2.24) is 30.1 Å². The molecule has 182 valence electrons. The van der Waals surface area contributed by atoms with Gasteiger partial charge >= 0.3 is 0 Å². The lowest BCUT2D eigenvalue weighted by Crippen LogP contribution is -2.29. The fourth-order valence-corrected chi connectivity index (χ4v) is 4.98. The van der Waals surface area contributed by atoms with Gasteiger partial charge in [-0.3, -0.25) is 9.69 Å². The largest absolute Gasteiger partial charge is 0.376 e. The average molecular weight is 493 g/mol. The molecule has 1 N–H and O–H groups in total. The Labute approximate surface area is 208 Å². The third kappa shape index (κ3) is 5.45. The molecule has 0 unspecified atom stereocenters. The van der Waals surface area contributed by atoms with Gasteiger partial charge in [0.25, 0.3) is 5.56 Å². The van der Waals surface area contributed by atoms with Crippen molar-refractivity contribution in [2.75, 3.05) is 6.61 Å². The van der Waals surface area contributed by atoms with E-state index in [0.29, 0.717) is 36.8 Å². The summed E-state index contributed by atoms with van der Waals surface area (Å²) in [5, 5.41) is 14.1. The first-order valence-electron chi connectivity index (χ1n) is 11.9. The minimum atomic E-state index is -0.0902. The lowest BCUT2D eigenvalue weighted by molar-refractivity contribution is 0.0914. The van der Waals surface area contributed by atoms with E-state index in [1.165, 1.54) is 0 Å². The van der Waals surface area contributed by atoms with E-state index in [-0.39, 0.29) is 11.7 Å². The summed E-state index contributed by atoms with van der Waals surface area (Å²) in [5.41, 5.74) is 4.68. The molecular formula is C26H29ClN6O2. The highest BCUT2D eigenvalue weighted by molar-refractivity contribution is 6.31. The Morgan fingerprint density at radius 1 is 1.14 bits per heavy atom. The number of nitrogens with zero attached hydrogens (tertiary/aromatic N) is 5. The predicted molar refractivity (Wildman–Crippen MR) is 135 cm³/mol. The molecule has 1 aliphatic heterocycles. The molecule has 5 rings (SSSR count). The van der Waals surface area contributed by atoms with Crippen LogP contribution in [0, 0.1) is 13.8 Å². The summed E-state index contributed by atoms with van der Waals surface area (Å²) >= 11 is 6.49. The Bertz CT molecular complexity index is 1390. The Kier molecular flexibility index (Phi) is 6.95. The fraction of sp³-hybridized carbons (Fsp3) is 0.385. The standard InChI is InChI=1S/C26H29ClN6O2/c1-17-10-18(2)25-20(11-17)12-21(26(34)28-25)14-32(13-19-6-3-4-8-23(19)27)16-24-29-30-31-33(24)15-22-7-5-9-35-22/h3-4,6,8,10-12,22H,5,7,9,13-16H2,1-2H3,(H,28,34)/t22-/m1/s1. The van der Waals surface area contributed by atoms with Crippen LogP contribution in [0.3, 0.4) is 0 Å². The average Bonchev–Trinajstić information content (AvgIpc) is 3.49. The van der Waals surface area contributed by atoms with Crippen molar-refractivity contribution < 1.29 is 4.74 Å². The van der Waals surface area contributed by atoms with Crippen LogP contribution in [-0.4, -0.2) is 42.8 Å². The third-order valence-electron chi connectivity index (χ3n) is 6.49. The van der Waals surface area contributed by atoms with Gasteiger partial charge in [-0.1, -0.05) is 41.4 Å². The van der Waals surface area contributed by atoms with Crippen molar-refractivity contribution in [3.8, 4) is 0 Å². The monoisotopic (exact) mass is 492 g/mol. The third-order valence-corrected chi connectivity index (χ3v) is 6.86. The van der Waals surface area contributed by atoms with Crippen LogP contribution in [0.15, 0.2) is 47.3 Å². The van der Waals surface area contributed by atoms with Crippen LogP contribution in [0.25, 0.3) is 10.9 Å². The highest BCUT2D eigenvalue weighted by Crippen LogP contribution is 2.22. The van der Waals surface area contributed by atoms with Crippen molar-refractivity contribution >= 4 is 22.5 Å². The first-order valence-corrected chi connectivity index (χ1v) is 12.3. The van der Waals surface area contributed by atoms with E-state index in [1.807, 2.05) is 41.9 Å². The maximum Gasteiger partial charge on any atom is 0.252 e. The number of H-pyrrole nitrogens is 1. The first-order chi connectivity index (χ1) is 17.0. The van der Waals surface area contributed by atoms with E-state index in [9.17, 15) is 4.79 Å². The molecule has 8 nitrogen and oxygen atoms in total. The zero-order valence-electron chi connectivity index (χ0n) is 20.0. The van der Waals surface area contributed by atoms with Crippen molar-refractivity contribution in [2.24, 2.45) is 0 Å². The number of aromatic amines is 1. The van der Waals surface area contributed by atoms with Crippen LogP contribution in [-0.2, 0) is 30.9 Å². The van der Waals surface area contributed by atoms with E-state index < -0.39 is 0 Å². The van der Waals surface area contributed by atoms with Gasteiger partial charge in [0.15, 0.2) is 5.82 Å². The molecule has 0 saturated carbocycles. The predicted octanol–water partition coefficient (Wildman–Crippen LogP) is 4.17. The molecule has 35 heavy (non-hydrogen) atoms. The zero-order valence-corrected chi connectivity index (χ0v) is 20.8. The van der Waals surface area contributed by atoms with Gasteiger partial charge in [-0.15, -0.1) is 5.10 Å². The smallest absolute Gasteiger partial charge is 0.252 e. The van der Waals surface area contributed by atoms with E-state index in [4.69, 9.17) is 16.3 Å². The summed E-state index contributed by atoms with van der Waals surface area (Å²) in [5.74, 6) is 0.733. The fourth-order valence-electron chi connectivity index (χ4n) is 4.79. The van der Waals surface area contributed by atoms with E-state index >= 15 is 0 Å². The number of pyridine rings is 1. The molecule has 3 heterocycles. The number of fused-ring (bicyclic) bond motifs is 1. The lowest BCUT2D eigenvalue weighted by Gasteiger charge is -2.23. The number of halogens is 1. The maximum atomic E-state index is 13.1. The second-order valence-electron chi connectivity index (χ2n) is 9.32. The minimum absolute atomic E-state index is 0.0902. The van der Waals surface area contributed by atoms with Crippen molar-refractivity contribution in [3.05, 3.63) is 85.9 Å². The first kappa shape index (κ1) is 23.7. The summed E-state index contributed by atoms with van der Waals surface area (Å²) in [4.78, 5) is 18.3. The Hall–Kier alpha value is -3.07. The number of nitrogens with one attached hydrogen (secondary N) is 1. The summed E-state index contributed by atoms with van der Waals surface area (Å²) in [6.07, 6.45) is 2.20. The number of rotatable bonds is 8. The van der Waals surface area contributed by atoms with Crippen LogP contribution in [0.4, 0.5) is 0 Å². The molecule has 0 aliphatic carbocycles. The van der Waals surface area contributed by atoms with Crippen LogP contribution in [0.1, 0.15) is 40.9 Å². The van der Waals surface area contributed by atoms with Crippen LogP contribution in [0.2, 0.25) is 5.02 Å². The molecule has 1 saturated heterocycles. The van der Waals surface area contributed by atoms with Gasteiger partial charge < -0.3 is 9.72 Å². The normalized spacial score (nSPS) is 15.9. The highest BCUT2D eigenvalue weighted by Gasteiger charge is 2.21. The van der Waals surface area contributed by atoms with E-state index in [2.05, 4.69) is 44.5 Å².